The Morgan fingerprint density at radius 2 is 2.11 bits per heavy atom. The first-order valence-electron chi connectivity index (χ1n) is 5.71. The number of rotatable bonds is 4. The Kier molecular flexibility index (Phi) is 3.73. The molecule has 1 aromatic carbocycles. The third kappa shape index (κ3) is 2.73. The van der Waals surface area contributed by atoms with Crippen molar-refractivity contribution in [3.8, 4) is 0 Å². The van der Waals surface area contributed by atoms with Crippen LogP contribution in [0.1, 0.15) is 25.6 Å². The van der Waals surface area contributed by atoms with Crippen LogP contribution in [-0.4, -0.2) is 11.9 Å². The monoisotopic (exact) mass is 310 g/mol. The van der Waals surface area contributed by atoms with Crippen molar-refractivity contribution in [1.29, 1.82) is 0 Å². The zero-order chi connectivity index (χ0) is 13.3. The lowest BCUT2D eigenvalue weighted by atomic mass is 10.2. The second kappa shape index (κ2) is 5.12. The fourth-order valence-electron chi connectivity index (χ4n) is 1.79. The molecular formula is C13H15BrN2O2. The predicted octanol–water partition coefficient (Wildman–Crippen LogP) is 2.72. The molecule has 0 fully saturated rings. The molecule has 0 radical (unpaired) electrons. The van der Waals surface area contributed by atoms with E-state index in [-0.39, 0.29) is 18.0 Å². The summed E-state index contributed by atoms with van der Waals surface area (Å²) in [5.74, 6) is 0.414. The van der Waals surface area contributed by atoms with Crippen LogP contribution < -0.4 is 11.1 Å². The first-order chi connectivity index (χ1) is 8.47. The molecule has 2 unspecified atom stereocenters. The Morgan fingerprint density at radius 1 is 1.39 bits per heavy atom. The van der Waals surface area contributed by atoms with E-state index in [0.29, 0.717) is 0 Å². The van der Waals surface area contributed by atoms with Crippen LogP contribution >= 0.6 is 15.9 Å². The summed E-state index contributed by atoms with van der Waals surface area (Å²) in [4.78, 5) is 11.0. The number of nitrogens with two attached hydrogens (primary N) is 1. The molecule has 2 rings (SSSR count). The molecular weight excluding hydrogens is 296 g/mol. The summed E-state index contributed by atoms with van der Waals surface area (Å²) in [6, 6.07) is 7.34. The quantitative estimate of drug-likeness (QED) is 0.912. The summed E-state index contributed by atoms with van der Waals surface area (Å²) in [7, 11) is 0. The van der Waals surface area contributed by atoms with Crippen molar-refractivity contribution < 1.29 is 9.21 Å². The van der Waals surface area contributed by atoms with Crippen LogP contribution in [0, 0.1) is 0 Å². The number of benzene rings is 1. The van der Waals surface area contributed by atoms with Gasteiger partial charge in [0.1, 0.15) is 11.3 Å². The zero-order valence-electron chi connectivity index (χ0n) is 10.2. The second-order valence-electron chi connectivity index (χ2n) is 4.34. The third-order valence-corrected chi connectivity index (χ3v) is 3.34. The molecule has 0 saturated heterocycles. The molecule has 0 spiro atoms. The fourth-order valence-corrected chi connectivity index (χ4v) is 2.17. The molecule has 0 saturated carbocycles. The van der Waals surface area contributed by atoms with E-state index in [1.54, 1.807) is 6.92 Å². The molecule has 1 amide bonds. The molecule has 2 aromatic rings. The van der Waals surface area contributed by atoms with E-state index in [9.17, 15) is 4.79 Å². The van der Waals surface area contributed by atoms with Gasteiger partial charge < -0.3 is 10.2 Å². The summed E-state index contributed by atoms with van der Waals surface area (Å²) in [5.41, 5.74) is 6.05. The number of nitrogens with one attached hydrogen (secondary N) is 1. The highest BCUT2D eigenvalue weighted by atomic mass is 79.9. The van der Waals surface area contributed by atoms with E-state index in [0.717, 1.165) is 21.2 Å². The molecule has 4 nitrogen and oxygen atoms in total. The molecule has 1 aromatic heterocycles. The van der Waals surface area contributed by atoms with Gasteiger partial charge in [0.05, 0.1) is 12.1 Å². The lowest BCUT2D eigenvalue weighted by molar-refractivity contribution is -0.119. The topological polar surface area (TPSA) is 68.3 Å². The first kappa shape index (κ1) is 13.1. The van der Waals surface area contributed by atoms with Gasteiger partial charge in [-0.1, -0.05) is 15.9 Å². The van der Waals surface area contributed by atoms with E-state index < -0.39 is 0 Å². The normalized spacial score (nSPS) is 14.6. The Hall–Kier alpha value is -1.33. The van der Waals surface area contributed by atoms with Gasteiger partial charge in [0.25, 0.3) is 0 Å². The van der Waals surface area contributed by atoms with Gasteiger partial charge in [-0.25, -0.2) is 0 Å². The van der Waals surface area contributed by atoms with Gasteiger partial charge in [0.2, 0.25) is 5.91 Å². The van der Waals surface area contributed by atoms with Crippen LogP contribution in [-0.2, 0) is 4.79 Å². The highest BCUT2D eigenvalue weighted by molar-refractivity contribution is 9.10. The van der Waals surface area contributed by atoms with Crippen LogP contribution in [0.4, 0.5) is 0 Å². The lowest BCUT2D eigenvalue weighted by Crippen LogP contribution is -2.39. The maximum absolute atomic E-state index is 11.0. The Bertz CT molecular complexity index is 579. The smallest absolute Gasteiger partial charge is 0.234 e. The van der Waals surface area contributed by atoms with Crippen molar-refractivity contribution in [2.45, 2.75) is 25.9 Å². The van der Waals surface area contributed by atoms with Gasteiger partial charge in [-0.3, -0.25) is 10.1 Å². The SMILES string of the molecule is CC(NC(C)c1cc2cc(Br)ccc2o1)C(N)=O. The van der Waals surface area contributed by atoms with Gasteiger partial charge >= 0.3 is 0 Å². The summed E-state index contributed by atoms with van der Waals surface area (Å²) in [5, 5.41) is 4.12. The van der Waals surface area contributed by atoms with Crippen LogP contribution in [0.15, 0.2) is 33.2 Å². The minimum absolute atomic E-state index is 0.0707. The molecule has 1 heterocycles. The minimum atomic E-state index is -0.389. The number of fused-ring (bicyclic) bond motifs is 1. The Labute approximate surface area is 114 Å². The molecule has 0 aliphatic rings. The number of hydrogen-bond donors (Lipinski definition) is 2. The second-order valence-corrected chi connectivity index (χ2v) is 5.26. The molecule has 2 atom stereocenters. The first-order valence-corrected chi connectivity index (χ1v) is 6.51. The maximum atomic E-state index is 11.0. The van der Waals surface area contributed by atoms with Gasteiger partial charge in [0, 0.05) is 9.86 Å². The van der Waals surface area contributed by atoms with E-state index in [4.69, 9.17) is 10.2 Å². The molecule has 96 valence electrons. The molecule has 3 N–H and O–H groups in total. The van der Waals surface area contributed by atoms with Gasteiger partial charge in [-0.2, -0.15) is 0 Å². The van der Waals surface area contributed by atoms with Crippen molar-refractivity contribution in [3.63, 3.8) is 0 Å². The van der Waals surface area contributed by atoms with Gasteiger partial charge in [0.15, 0.2) is 0 Å². The summed E-state index contributed by atoms with van der Waals surface area (Å²) < 4.78 is 6.74. The van der Waals surface area contributed by atoms with E-state index >= 15 is 0 Å². The van der Waals surface area contributed by atoms with E-state index in [1.165, 1.54) is 0 Å². The van der Waals surface area contributed by atoms with Crippen molar-refractivity contribution >= 4 is 32.8 Å². The number of hydrogen-bond acceptors (Lipinski definition) is 3. The minimum Gasteiger partial charge on any atom is -0.459 e. The van der Waals surface area contributed by atoms with Crippen molar-refractivity contribution in [3.05, 3.63) is 34.5 Å². The zero-order valence-corrected chi connectivity index (χ0v) is 11.8. The molecule has 0 aliphatic carbocycles. The summed E-state index contributed by atoms with van der Waals surface area (Å²) >= 11 is 3.42. The molecule has 0 aliphatic heterocycles. The summed E-state index contributed by atoms with van der Waals surface area (Å²) in [6.45, 7) is 3.67. The van der Waals surface area contributed by atoms with E-state index in [2.05, 4.69) is 21.2 Å². The Balaban J connectivity index is 2.22. The van der Waals surface area contributed by atoms with Gasteiger partial charge in [-0.05, 0) is 38.1 Å². The molecule has 18 heavy (non-hydrogen) atoms. The van der Waals surface area contributed by atoms with Crippen molar-refractivity contribution in [1.82, 2.24) is 5.32 Å². The number of furan rings is 1. The highest BCUT2D eigenvalue weighted by Gasteiger charge is 2.16. The highest BCUT2D eigenvalue weighted by Crippen LogP contribution is 2.26. The van der Waals surface area contributed by atoms with Crippen molar-refractivity contribution in [2.24, 2.45) is 5.73 Å². The van der Waals surface area contributed by atoms with Crippen LogP contribution in [0.25, 0.3) is 11.0 Å². The van der Waals surface area contributed by atoms with Gasteiger partial charge in [-0.15, -0.1) is 0 Å². The Morgan fingerprint density at radius 3 is 2.78 bits per heavy atom. The number of amides is 1. The average molecular weight is 311 g/mol. The number of carbonyl (C=O) groups is 1. The number of halogens is 1. The van der Waals surface area contributed by atoms with Crippen LogP contribution in [0.3, 0.4) is 0 Å². The molecule has 0 bridgehead atoms. The third-order valence-electron chi connectivity index (χ3n) is 2.85. The molecule has 5 heteroatoms. The number of carbonyl (C=O) groups excluding carboxylic acids is 1. The van der Waals surface area contributed by atoms with E-state index in [1.807, 2.05) is 31.2 Å². The van der Waals surface area contributed by atoms with Crippen molar-refractivity contribution in [2.75, 3.05) is 0 Å². The van der Waals surface area contributed by atoms with Crippen LogP contribution in [0.2, 0.25) is 0 Å². The lowest BCUT2D eigenvalue weighted by Gasteiger charge is -2.15. The largest absolute Gasteiger partial charge is 0.459 e. The average Bonchev–Trinajstić information content (AvgIpc) is 2.71. The predicted molar refractivity (Wildman–Crippen MR) is 74.1 cm³/mol. The fraction of sp³-hybridized carbons (Fsp3) is 0.308. The summed E-state index contributed by atoms with van der Waals surface area (Å²) in [6.07, 6.45) is 0. The number of primary amides is 1. The standard InChI is InChI=1S/C13H15BrN2O2/c1-7(16-8(2)13(15)17)12-6-9-5-10(14)3-4-11(9)18-12/h3-8,16H,1-2H3,(H2,15,17). The van der Waals surface area contributed by atoms with Crippen LogP contribution in [0.5, 0.6) is 0 Å². The maximum Gasteiger partial charge on any atom is 0.234 e.